The van der Waals surface area contributed by atoms with E-state index in [1.165, 1.54) is 17.9 Å². The van der Waals surface area contributed by atoms with E-state index < -0.39 is 0 Å². The van der Waals surface area contributed by atoms with Crippen LogP contribution in [0.4, 0.5) is 5.82 Å². The number of thiazole rings is 1. The van der Waals surface area contributed by atoms with Gasteiger partial charge in [-0.15, -0.1) is 11.3 Å². The molecule has 2 unspecified atom stereocenters. The average Bonchev–Trinajstić information content (AvgIpc) is 2.99. The molecule has 4 nitrogen and oxygen atoms in total. The van der Waals surface area contributed by atoms with E-state index in [1.54, 1.807) is 11.3 Å². The molecule has 0 aliphatic carbocycles. The summed E-state index contributed by atoms with van der Waals surface area (Å²) in [5.74, 6) is 1.93. The van der Waals surface area contributed by atoms with Crippen molar-refractivity contribution in [2.75, 3.05) is 11.4 Å². The third kappa shape index (κ3) is 2.94. The molecule has 0 radical (unpaired) electrons. The molecule has 1 aliphatic heterocycles. The normalized spacial score (nSPS) is 23.4. The number of nitrogens with zero attached hydrogens (tertiary/aromatic N) is 3. The van der Waals surface area contributed by atoms with E-state index in [2.05, 4.69) is 60.8 Å². The third-order valence-electron chi connectivity index (χ3n) is 4.18. The van der Waals surface area contributed by atoms with Crippen LogP contribution in [-0.2, 0) is 6.54 Å². The molecule has 2 aromatic heterocycles. The van der Waals surface area contributed by atoms with Gasteiger partial charge in [0, 0.05) is 36.2 Å². The molecular formula is C16H26N4S. The van der Waals surface area contributed by atoms with Crippen LogP contribution in [0.25, 0.3) is 4.96 Å². The first-order valence-corrected chi connectivity index (χ1v) is 8.69. The number of hydrogen-bond acceptors (Lipinski definition) is 4. The molecule has 1 saturated heterocycles. The number of imidazole rings is 1. The van der Waals surface area contributed by atoms with Crippen LogP contribution in [0, 0.1) is 5.92 Å². The molecule has 0 aromatic carbocycles. The van der Waals surface area contributed by atoms with E-state index in [1.807, 2.05) is 0 Å². The van der Waals surface area contributed by atoms with Crippen LogP contribution in [-0.4, -0.2) is 27.5 Å². The number of aromatic nitrogens is 2. The third-order valence-corrected chi connectivity index (χ3v) is 4.94. The van der Waals surface area contributed by atoms with Gasteiger partial charge in [-0.3, -0.25) is 4.40 Å². The maximum absolute atomic E-state index is 4.91. The van der Waals surface area contributed by atoms with E-state index in [0.717, 1.165) is 24.0 Å². The van der Waals surface area contributed by atoms with Crippen LogP contribution in [0.3, 0.4) is 0 Å². The molecule has 116 valence electrons. The van der Waals surface area contributed by atoms with E-state index >= 15 is 0 Å². The second kappa shape index (κ2) is 5.29. The lowest BCUT2D eigenvalue weighted by Gasteiger charge is -2.25. The highest BCUT2D eigenvalue weighted by Crippen LogP contribution is 2.32. The van der Waals surface area contributed by atoms with Gasteiger partial charge in [-0.05, 0) is 40.0 Å². The molecule has 21 heavy (non-hydrogen) atoms. The van der Waals surface area contributed by atoms with Crippen molar-refractivity contribution in [2.24, 2.45) is 5.92 Å². The Hall–Kier alpha value is -1.07. The lowest BCUT2D eigenvalue weighted by atomic mass is 10.1. The fraction of sp³-hybridized carbons (Fsp3) is 0.688. The Morgan fingerprint density at radius 2 is 2.14 bits per heavy atom. The van der Waals surface area contributed by atoms with Crippen LogP contribution in [0.15, 0.2) is 11.6 Å². The molecule has 2 atom stereocenters. The maximum atomic E-state index is 4.91. The van der Waals surface area contributed by atoms with Gasteiger partial charge in [0.05, 0.1) is 5.69 Å². The lowest BCUT2D eigenvalue weighted by Crippen LogP contribution is -2.36. The summed E-state index contributed by atoms with van der Waals surface area (Å²) in [6.07, 6.45) is 3.40. The van der Waals surface area contributed by atoms with Gasteiger partial charge in [0.2, 0.25) is 0 Å². The average molecular weight is 306 g/mol. The molecule has 0 saturated carbocycles. The highest BCUT2D eigenvalue weighted by atomic mass is 32.1. The van der Waals surface area contributed by atoms with Crippen LogP contribution in [0.1, 0.15) is 46.7 Å². The van der Waals surface area contributed by atoms with Gasteiger partial charge in [-0.25, -0.2) is 4.98 Å². The predicted molar refractivity (Wildman–Crippen MR) is 90.3 cm³/mol. The summed E-state index contributed by atoms with van der Waals surface area (Å²) in [5.41, 5.74) is 1.41. The first-order valence-electron chi connectivity index (χ1n) is 7.81. The van der Waals surface area contributed by atoms with Gasteiger partial charge < -0.3 is 10.2 Å². The molecular weight excluding hydrogens is 280 g/mol. The van der Waals surface area contributed by atoms with Crippen molar-refractivity contribution in [3.8, 4) is 0 Å². The number of hydrogen-bond donors (Lipinski definition) is 1. The summed E-state index contributed by atoms with van der Waals surface area (Å²) in [6.45, 7) is 13.2. The molecule has 1 fully saturated rings. The van der Waals surface area contributed by atoms with Crippen molar-refractivity contribution in [1.82, 2.24) is 14.7 Å². The Bertz CT molecular complexity index is 622. The Morgan fingerprint density at radius 1 is 1.38 bits per heavy atom. The lowest BCUT2D eigenvalue weighted by molar-refractivity contribution is 0.420. The summed E-state index contributed by atoms with van der Waals surface area (Å²) in [4.78, 5) is 8.50. The molecule has 0 spiro atoms. The van der Waals surface area contributed by atoms with Gasteiger partial charge in [0.1, 0.15) is 0 Å². The minimum absolute atomic E-state index is 0.112. The van der Waals surface area contributed by atoms with E-state index in [4.69, 9.17) is 4.98 Å². The first-order chi connectivity index (χ1) is 9.85. The second-order valence-electron chi connectivity index (χ2n) is 7.38. The van der Waals surface area contributed by atoms with Crippen LogP contribution in [0.2, 0.25) is 0 Å². The van der Waals surface area contributed by atoms with Crippen molar-refractivity contribution in [1.29, 1.82) is 0 Å². The molecule has 2 aromatic rings. The van der Waals surface area contributed by atoms with E-state index in [0.29, 0.717) is 6.04 Å². The van der Waals surface area contributed by atoms with E-state index in [9.17, 15) is 0 Å². The quantitative estimate of drug-likeness (QED) is 0.942. The fourth-order valence-corrected chi connectivity index (χ4v) is 3.89. The summed E-state index contributed by atoms with van der Waals surface area (Å²) >= 11 is 1.71. The highest BCUT2D eigenvalue weighted by Gasteiger charge is 2.30. The summed E-state index contributed by atoms with van der Waals surface area (Å²) in [7, 11) is 0. The highest BCUT2D eigenvalue weighted by molar-refractivity contribution is 7.15. The number of nitrogens with one attached hydrogen (secondary N) is 1. The van der Waals surface area contributed by atoms with Gasteiger partial charge in [0.15, 0.2) is 10.8 Å². The minimum atomic E-state index is 0.112. The Morgan fingerprint density at radius 3 is 2.76 bits per heavy atom. The Labute approximate surface area is 131 Å². The second-order valence-corrected chi connectivity index (χ2v) is 8.26. The van der Waals surface area contributed by atoms with Crippen molar-refractivity contribution < 1.29 is 0 Å². The molecule has 0 amide bonds. The van der Waals surface area contributed by atoms with Crippen molar-refractivity contribution in [3.63, 3.8) is 0 Å². The summed E-state index contributed by atoms with van der Waals surface area (Å²) in [5, 5.41) is 5.73. The molecule has 3 heterocycles. The van der Waals surface area contributed by atoms with Gasteiger partial charge in [-0.2, -0.15) is 0 Å². The summed E-state index contributed by atoms with van der Waals surface area (Å²) in [6, 6.07) is 0.581. The monoisotopic (exact) mass is 306 g/mol. The Kier molecular flexibility index (Phi) is 3.74. The van der Waals surface area contributed by atoms with Gasteiger partial charge in [-0.1, -0.05) is 6.92 Å². The van der Waals surface area contributed by atoms with E-state index in [-0.39, 0.29) is 5.54 Å². The van der Waals surface area contributed by atoms with Gasteiger partial charge in [0.25, 0.3) is 0 Å². The number of anilines is 1. The van der Waals surface area contributed by atoms with Crippen LogP contribution in [0.5, 0.6) is 0 Å². The fourth-order valence-electron chi connectivity index (χ4n) is 3.16. The number of fused-ring (bicyclic) bond motifs is 1. The minimum Gasteiger partial charge on any atom is -0.352 e. The predicted octanol–water partition coefficient (Wildman–Crippen LogP) is 3.52. The first kappa shape index (κ1) is 14.9. The molecule has 0 bridgehead atoms. The van der Waals surface area contributed by atoms with Crippen LogP contribution >= 0.6 is 11.3 Å². The summed E-state index contributed by atoms with van der Waals surface area (Å²) < 4.78 is 2.24. The largest absolute Gasteiger partial charge is 0.352 e. The molecule has 1 N–H and O–H groups in total. The van der Waals surface area contributed by atoms with Crippen molar-refractivity contribution >= 4 is 22.1 Å². The van der Waals surface area contributed by atoms with Crippen LogP contribution < -0.4 is 10.2 Å². The zero-order valence-corrected chi connectivity index (χ0v) is 14.5. The maximum Gasteiger partial charge on any atom is 0.195 e. The molecule has 1 aliphatic rings. The SMILES string of the molecule is CC1CC(C)N(c2nc3sccn3c2CNC(C)(C)C)C1. The molecule has 5 heteroatoms. The zero-order chi connectivity index (χ0) is 15.2. The van der Waals surface area contributed by atoms with Gasteiger partial charge >= 0.3 is 0 Å². The number of rotatable bonds is 3. The zero-order valence-electron chi connectivity index (χ0n) is 13.7. The van der Waals surface area contributed by atoms with Crippen molar-refractivity contribution in [2.45, 2.75) is 59.2 Å². The van der Waals surface area contributed by atoms with Crippen molar-refractivity contribution in [3.05, 3.63) is 17.3 Å². The topological polar surface area (TPSA) is 32.6 Å². The standard InChI is InChI=1S/C16H26N4S/c1-11-8-12(2)20(10-11)14-13(9-17-16(3,4)5)19-6-7-21-15(19)18-14/h6-7,11-12,17H,8-10H2,1-5H3. The smallest absolute Gasteiger partial charge is 0.195 e. The molecule has 3 rings (SSSR count). The Balaban J connectivity index is 1.95.